The average Bonchev–Trinajstić information content (AvgIpc) is 2.75. The van der Waals surface area contributed by atoms with Crippen LogP contribution in [0, 0.1) is 11.7 Å². The number of hydrogen-bond acceptors (Lipinski definition) is 3. The highest BCUT2D eigenvalue weighted by Gasteiger charge is 2.30. The number of nitrogens with one attached hydrogen (secondary N) is 1. The molecule has 2 atom stereocenters. The van der Waals surface area contributed by atoms with E-state index in [-0.39, 0.29) is 29.6 Å². The Kier molecular flexibility index (Phi) is 6.96. The molecule has 2 aromatic rings. The molecule has 1 aliphatic carbocycles. The molecule has 29 heavy (non-hydrogen) atoms. The summed E-state index contributed by atoms with van der Waals surface area (Å²) in [5.41, 5.74) is 1.74. The molecule has 3 rings (SSSR count). The molecule has 154 valence electrons. The van der Waals surface area contributed by atoms with Gasteiger partial charge in [-0.2, -0.15) is 0 Å². The van der Waals surface area contributed by atoms with Crippen LogP contribution in [0.15, 0.2) is 42.6 Å². The van der Waals surface area contributed by atoms with Crippen molar-refractivity contribution in [3.63, 3.8) is 0 Å². The monoisotopic (exact) mass is 397 g/mol. The minimum absolute atomic E-state index is 0.0105. The van der Waals surface area contributed by atoms with Gasteiger partial charge in [-0.15, -0.1) is 0 Å². The number of hydrogen-bond donors (Lipinski definition) is 1. The van der Waals surface area contributed by atoms with E-state index in [4.69, 9.17) is 0 Å². The van der Waals surface area contributed by atoms with Gasteiger partial charge in [0.2, 0.25) is 5.91 Å². The van der Waals surface area contributed by atoms with Gasteiger partial charge < -0.3 is 10.2 Å². The fraction of sp³-hybridized carbons (Fsp3) is 0.435. The summed E-state index contributed by atoms with van der Waals surface area (Å²) in [6.45, 7) is 5.41. The Balaban J connectivity index is 1.61. The molecule has 1 saturated carbocycles. The number of benzene rings is 1. The van der Waals surface area contributed by atoms with Crippen LogP contribution in [-0.4, -0.2) is 40.8 Å². The summed E-state index contributed by atoms with van der Waals surface area (Å²) in [5, 5.41) is 3.05. The van der Waals surface area contributed by atoms with E-state index in [1.807, 2.05) is 18.7 Å². The summed E-state index contributed by atoms with van der Waals surface area (Å²) >= 11 is 0. The third-order valence-electron chi connectivity index (χ3n) is 5.58. The Morgan fingerprint density at radius 2 is 1.97 bits per heavy atom. The van der Waals surface area contributed by atoms with Gasteiger partial charge in [-0.05, 0) is 57.4 Å². The lowest BCUT2D eigenvalue weighted by molar-refractivity contribution is -0.136. The molecule has 1 aromatic carbocycles. The van der Waals surface area contributed by atoms with Gasteiger partial charge in [-0.3, -0.25) is 14.6 Å². The van der Waals surface area contributed by atoms with Crippen LogP contribution in [0.2, 0.25) is 0 Å². The standard InChI is InChI=1S/C23H28FN3O2/c1-3-27(4-2)23(29)17-8-6-10-20(14-17)26-22(28)18-11-12-21(25-15-18)16-7-5-9-19(24)13-16/h5,7,9,11-13,15,17,20H,3-4,6,8,10,14H2,1-2H3,(H,26,28)/t17-,20+/m0/s1. The number of aromatic nitrogens is 1. The van der Waals surface area contributed by atoms with E-state index in [1.165, 1.54) is 18.3 Å². The van der Waals surface area contributed by atoms with Crippen LogP contribution in [0.25, 0.3) is 11.3 Å². The van der Waals surface area contributed by atoms with E-state index in [0.29, 0.717) is 36.3 Å². The van der Waals surface area contributed by atoms with Crippen molar-refractivity contribution in [2.24, 2.45) is 5.92 Å². The van der Waals surface area contributed by atoms with Crippen molar-refractivity contribution < 1.29 is 14.0 Å². The molecule has 1 fully saturated rings. The first-order valence-electron chi connectivity index (χ1n) is 10.3. The average molecular weight is 397 g/mol. The maximum atomic E-state index is 13.4. The topological polar surface area (TPSA) is 62.3 Å². The number of pyridine rings is 1. The molecule has 0 saturated heterocycles. The third-order valence-corrected chi connectivity index (χ3v) is 5.58. The van der Waals surface area contributed by atoms with E-state index in [1.54, 1.807) is 24.3 Å². The van der Waals surface area contributed by atoms with Crippen molar-refractivity contribution in [2.45, 2.75) is 45.6 Å². The zero-order valence-corrected chi connectivity index (χ0v) is 17.0. The molecule has 1 heterocycles. The fourth-order valence-electron chi connectivity index (χ4n) is 3.95. The van der Waals surface area contributed by atoms with Gasteiger partial charge in [0.05, 0.1) is 11.3 Å². The summed E-state index contributed by atoms with van der Waals surface area (Å²) in [6, 6.07) is 9.61. The SMILES string of the molecule is CCN(CC)C(=O)[C@H]1CCC[C@@H](NC(=O)c2ccc(-c3cccc(F)c3)nc2)C1. The predicted octanol–water partition coefficient (Wildman–Crippen LogP) is 4.04. The van der Waals surface area contributed by atoms with E-state index in [0.717, 1.165) is 19.3 Å². The van der Waals surface area contributed by atoms with Crippen LogP contribution in [0.3, 0.4) is 0 Å². The number of nitrogens with zero attached hydrogens (tertiary/aromatic N) is 2. The molecule has 0 spiro atoms. The van der Waals surface area contributed by atoms with Crippen LogP contribution in [0.1, 0.15) is 49.9 Å². The van der Waals surface area contributed by atoms with Crippen molar-refractivity contribution in [3.8, 4) is 11.3 Å². The second-order valence-electron chi connectivity index (χ2n) is 7.49. The summed E-state index contributed by atoms with van der Waals surface area (Å²) in [4.78, 5) is 31.4. The number of halogens is 1. The summed E-state index contributed by atoms with van der Waals surface area (Å²) in [6.07, 6.45) is 4.88. The molecule has 0 unspecified atom stereocenters. The van der Waals surface area contributed by atoms with Crippen LogP contribution in [-0.2, 0) is 4.79 Å². The molecule has 5 nitrogen and oxygen atoms in total. The first kappa shape index (κ1) is 21.0. The van der Waals surface area contributed by atoms with Crippen molar-refractivity contribution in [1.82, 2.24) is 15.2 Å². The van der Waals surface area contributed by atoms with Gasteiger partial charge in [0.1, 0.15) is 5.82 Å². The first-order valence-corrected chi connectivity index (χ1v) is 10.3. The zero-order valence-electron chi connectivity index (χ0n) is 17.0. The first-order chi connectivity index (χ1) is 14.0. The molecule has 1 N–H and O–H groups in total. The van der Waals surface area contributed by atoms with Crippen molar-refractivity contribution in [3.05, 3.63) is 54.0 Å². The highest BCUT2D eigenvalue weighted by Crippen LogP contribution is 2.26. The fourth-order valence-corrected chi connectivity index (χ4v) is 3.95. The molecule has 0 aliphatic heterocycles. The minimum Gasteiger partial charge on any atom is -0.349 e. The lowest BCUT2D eigenvalue weighted by Gasteiger charge is -2.32. The van der Waals surface area contributed by atoms with Crippen molar-refractivity contribution in [1.29, 1.82) is 0 Å². The van der Waals surface area contributed by atoms with Crippen LogP contribution < -0.4 is 5.32 Å². The second kappa shape index (κ2) is 9.63. The number of rotatable bonds is 6. The second-order valence-corrected chi connectivity index (χ2v) is 7.49. The lowest BCUT2D eigenvalue weighted by atomic mass is 9.84. The summed E-state index contributed by atoms with van der Waals surface area (Å²) < 4.78 is 13.4. The largest absolute Gasteiger partial charge is 0.349 e. The molecule has 6 heteroatoms. The molecule has 1 aliphatic rings. The van der Waals surface area contributed by atoms with E-state index in [2.05, 4.69) is 10.3 Å². The molecule has 0 bridgehead atoms. The van der Waals surface area contributed by atoms with E-state index >= 15 is 0 Å². The highest BCUT2D eigenvalue weighted by atomic mass is 19.1. The smallest absolute Gasteiger partial charge is 0.253 e. The maximum Gasteiger partial charge on any atom is 0.253 e. The third kappa shape index (κ3) is 5.19. The van der Waals surface area contributed by atoms with Gasteiger partial charge in [0.25, 0.3) is 5.91 Å². The number of amides is 2. The van der Waals surface area contributed by atoms with Crippen LogP contribution in [0.4, 0.5) is 4.39 Å². The Hall–Kier alpha value is -2.76. The number of carbonyl (C=O) groups is 2. The van der Waals surface area contributed by atoms with Gasteiger partial charge in [-0.25, -0.2) is 4.39 Å². The molecular weight excluding hydrogens is 369 g/mol. The zero-order chi connectivity index (χ0) is 20.8. The van der Waals surface area contributed by atoms with Gasteiger partial charge in [0, 0.05) is 36.8 Å². The molecule has 2 amide bonds. The van der Waals surface area contributed by atoms with Crippen molar-refractivity contribution in [2.75, 3.05) is 13.1 Å². The molecular formula is C23H28FN3O2. The van der Waals surface area contributed by atoms with E-state index < -0.39 is 0 Å². The summed E-state index contributed by atoms with van der Waals surface area (Å²) in [5.74, 6) is -0.348. The van der Waals surface area contributed by atoms with E-state index in [9.17, 15) is 14.0 Å². The van der Waals surface area contributed by atoms with Crippen LogP contribution in [0.5, 0.6) is 0 Å². The predicted molar refractivity (Wildman–Crippen MR) is 111 cm³/mol. The molecule has 1 aromatic heterocycles. The van der Waals surface area contributed by atoms with Gasteiger partial charge >= 0.3 is 0 Å². The Labute approximate surface area is 171 Å². The highest BCUT2D eigenvalue weighted by molar-refractivity contribution is 5.94. The minimum atomic E-state index is -0.322. The molecule has 0 radical (unpaired) electrons. The van der Waals surface area contributed by atoms with Gasteiger partial charge in [-0.1, -0.05) is 18.6 Å². The summed E-state index contributed by atoms with van der Waals surface area (Å²) in [7, 11) is 0. The van der Waals surface area contributed by atoms with Crippen LogP contribution >= 0.6 is 0 Å². The quantitative estimate of drug-likeness (QED) is 0.800. The van der Waals surface area contributed by atoms with Crippen molar-refractivity contribution >= 4 is 11.8 Å². The lowest BCUT2D eigenvalue weighted by Crippen LogP contribution is -2.43. The Bertz CT molecular complexity index is 849. The Morgan fingerprint density at radius 1 is 1.17 bits per heavy atom. The normalized spacial score (nSPS) is 18.9. The Morgan fingerprint density at radius 3 is 2.62 bits per heavy atom. The maximum absolute atomic E-state index is 13.4. The van der Waals surface area contributed by atoms with Gasteiger partial charge in [0.15, 0.2) is 0 Å². The number of carbonyl (C=O) groups excluding carboxylic acids is 2.